The topological polar surface area (TPSA) is 103 Å². The zero-order chi connectivity index (χ0) is 34.9. The van der Waals surface area contributed by atoms with Gasteiger partial charge in [0.15, 0.2) is 5.17 Å². The minimum atomic E-state index is -0.905. The highest BCUT2D eigenvalue weighted by Gasteiger charge is 2.52. The fraction of sp³-hybridized carbons (Fsp3) is 0.444. The summed E-state index contributed by atoms with van der Waals surface area (Å²) in [6.45, 7) is 12.1. The van der Waals surface area contributed by atoms with E-state index < -0.39 is 34.9 Å². The molecule has 2 amide bonds. The molecule has 1 aromatic heterocycles. The summed E-state index contributed by atoms with van der Waals surface area (Å²) in [7, 11) is 3.24. The Morgan fingerprint density at radius 3 is 2.31 bits per heavy atom. The molecule has 2 atom stereocenters. The number of aliphatic imine (C=N–C) groups is 1. The number of methoxy groups -OCH3 is 2. The van der Waals surface area contributed by atoms with Crippen LogP contribution in [0, 0.1) is 11.9 Å². The van der Waals surface area contributed by atoms with Crippen LogP contribution in [-0.2, 0) is 21.6 Å². The molecule has 0 N–H and O–H groups in total. The van der Waals surface area contributed by atoms with Gasteiger partial charge in [-0.15, -0.1) is 0 Å². The van der Waals surface area contributed by atoms with E-state index in [0.717, 1.165) is 16.0 Å². The van der Waals surface area contributed by atoms with Crippen molar-refractivity contribution in [3.63, 3.8) is 0 Å². The lowest BCUT2D eigenvalue weighted by molar-refractivity contribution is 0.0150. The number of carbonyl (C=O) groups is 2. The number of amidine groups is 1. The summed E-state index contributed by atoms with van der Waals surface area (Å²) in [5.74, 6) is 1.34. The Kier molecular flexibility index (Phi) is 10.1. The molecule has 5 rings (SSSR count). The molecular weight excluding hydrogens is 635 g/mol. The predicted octanol–water partition coefficient (Wildman–Crippen LogP) is 7.51. The van der Waals surface area contributed by atoms with Gasteiger partial charge in [-0.3, -0.25) is 4.90 Å². The minimum absolute atomic E-state index is 0.0244. The molecule has 0 unspecified atom stereocenters. The number of amides is 2. The van der Waals surface area contributed by atoms with Crippen molar-refractivity contribution in [2.75, 3.05) is 33.1 Å². The molecule has 1 fully saturated rings. The molecule has 0 spiro atoms. The number of nitrogens with zero attached hydrogens (tertiary/aromatic N) is 4. The summed E-state index contributed by atoms with van der Waals surface area (Å²) < 4.78 is 37.3. The highest BCUT2D eigenvalue weighted by molar-refractivity contribution is 8.13. The second-order valence-electron chi connectivity index (χ2n) is 13.9. The van der Waals surface area contributed by atoms with Crippen molar-refractivity contribution in [2.45, 2.75) is 64.8 Å². The maximum Gasteiger partial charge on any atom is 0.426 e. The van der Waals surface area contributed by atoms with Crippen LogP contribution < -0.4 is 9.47 Å². The van der Waals surface area contributed by atoms with Crippen LogP contribution in [0.1, 0.15) is 52.7 Å². The first kappa shape index (κ1) is 35.2. The Balaban J connectivity index is 1.62. The van der Waals surface area contributed by atoms with Crippen LogP contribution in [0.3, 0.4) is 0 Å². The molecule has 3 heterocycles. The highest BCUT2D eigenvalue weighted by Crippen LogP contribution is 2.48. The fourth-order valence-electron chi connectivity index (χ4n) is 5.95. The average Bonchev–Trinajstić information content (AvgIpc) is 3.38. The Bertz CT molecular complexity index is 1680. The summed E-state index contributed by atoms with van der Waals surface area (Å²) in [4.78, 5) is 39.6. The van der Waals surface area contributed by atoms with Gasteiger partial charge >= 0.3 is 12.2 Å². The van der Waals surface area contributed by atoms with E-state index >= 15 is 0 Å². The second kappa shape index (κ2) is 13.8. The molecule has 2 aliphatic rings. The van der Waals surface area contributed by atoms with Crippen molar-refractivity contribution in [1.29, 1.82) is 0 Å². The normalized spacial score (nSPS) is 19.6. The number of rotatable bonds is 6. The fourth-order valence-corrected chi connectivity index (χ4v) is 7.18. The molecule has 1 saturated heterocycles. The number of halogens is 1. The zero-order valence-electron chi connectivity index (χ0n) is 28.7. The molecule has 0 aliphatic carbocycles. The van der Waals surface area contributed by atoms with Gasteiger partial charge in [0, 0.05) is 54.7 Å². The molecule has 0 saturated carbocycles. The third-order valence-electron chi connectivity index (χ3n) is 7.99. The van der Waals surface area contributed by atoms with E-state index in [1.54, 1.807) is 67.9 Å². The number of hydrogen-bond donors (Lipinski definition) is 0. The number of fused-ring (bicyclic) bond motifs is 1. The van der Waals surface area contributed by atoms with Gasteiger partial charge in [0.05, 0.1) is 14.2 Å². The molecule has 2 aromatic carbocycles. The van der Waals surface area contributed by atoms with Gasteiger partial charge in [-0.05, 0) is 76.9 Å². The van der Waals surface area contributed by atoms with Crippen molar-refractivity contribution in [3.8, 4) is 22.6 Å². The van der Waals surface area contributed by atoms with Crippen molar-refractivity contribution >= 4 is 29.1 Å². The number of thioether (sulfide) groups is 1. The number of aromatic nitrogens is 1. The summed E-state index contributed by atoms with van der Waals surface area (Å²) in [5.41, 5.74) is 0.152. The number of hydrogen-bond acceptors (Lipinski definition) is 10. The van der Waals surface area contributed by atoms with E-state index in [4.69, 9.17) is 23.9 Å². The monoisotopic (exact) mass is 678 g/mol. The largest absolute Gasteiger partial charge is 0.497 e. The van der Waals surface area contributed by atoms with E-state index in [2.05, 4.69) is 9.88 Å². The molecule has 12 heteroatoms. The molecular formula is C36H43FN4O6S. The molecule has 0 bridgehead atoms. The number of pyridine rings is 1. The molecule has 2 aliphatic heterocycles. The Hall–Kier alpha value is -4.16. The van der Waals surface area contributed by atoms with Crippen molar-refractivity contribution in [2.24, 2.45) is 10.9 Å². The van der Waals surface area contributed by atoms with Gasteiger partial charge in [-0.2, -0.15) is 9.29 Å². The summed E-state index contributed by atoms with van der Waals surface area (Å²) in [5, 5.41) is 0.177. The molecule has 48 heavy (non-hydrogen) atoms. The number of ether oxygens (including phenoxy) is 4. The predicted molar refractivity (Wildman–Crippen MR) is 184 cm³/mol. The number of benzene rings is 2. The van der Waals surface area contributed by atoms with Crippen LogP contribution in [-0.4, -0.2) is 76.4 Å². The van der Waals surface area contributed by atoms with Gasteiger partial charge in [0.2, 0.25) is 5.95 Å². The zero-order valence-corrected chi connectivity index (χ0v) is 29.5. The first-order valence-electron chi connectivity index (χ1n) is 15.8. The van der Waals surface area contributed by atoms with Crippen LogP contribution >= 0.6 is 11.8 Å². The van der Waals surface area contributed by atoms with E-state index in [-0.39, 0.29) is 11.1 Å². The van der Waals surface area contributed by atoms with Gasteiger partial charge in [0.1, 0.15) is 28.2 Å². The molecule has 3 aromatic rings. The maximum absolute atomic E-state index is 14.9. The third-order valence-corrected chi connectivity index (χ3v) is 9.09. The number of likely N-dealkylation sites (tertiary alicyclic amines) is 1. The second-order valence-corrected chi connectivity index (χ2v) is 14.9. The van der Waals surface area contributed by atoms with Crippen molar-refractivity contribution in [3.05, 3.63) is 77.9 Å². The standard InChI is InChI=1S/C36H43FN4O6S/c1-34(2,3)46-32(42)41(33(43)47-35(4,5)6)31-39-36(25-12-9-11-23(17-25)28-13-10-16-38-30(28)37)22-40(20-26(36)21-48-31)19-24-14-15-27(44-7)18-29(24)45-8/h9-18,26H,19-22H2,1-8H3/t26-,36+/m0/s1. The smallest absolute Gasteiger partial charge is 0.426 e. The summed E-state index contributed by atoms with van der Waals surface area (Å²) in [6, 6.07) is 16.7. The summed E-state index contributed by atoms with van der Waals surface area (Å²) in [6.07, 6.45) is -0.336. The molecule has 256 valence electrons. The van der Waals surface area contributed by atoms with Crippen molar-refractivity contribution in [1.82, 2.24) is 14.8 Å². The van der Waals surface area contributed by atoms with Crippen LogP contribution in [0.25, 0.3) is 11.1 Å². The number of imide groups is 1. The first-order chi connectivity index (χ1) is 22.6. The van der Waals surface area contributed by atoms with Gasteiger partial charge in [0.25, 0.3) is 0 Å². The minimum Gasteiger partial charge on any atom is -0.497 e. The van der Waals surface area contributed by atoms with Crippen LogP contribution in [0.15, 0.2) is 65.8 Å². The van der Waals surface area contributed by atoms with Crippen molar-refractivity contribution < 1.29 is 32.9 Å². The lowest BCUT2D eigenvalue weighted by atomic mass is 9.81. The van der Waals surface area contributed by atoms with Gasteiger partial charge in [-0.25, -0.2) is 19.6 Å². The van der Waals surface area contributed by atoms with Crippen LogP contribution in [0.5, 0.6) is 11.5 Å². The Morgan fingerprint density at radius 2 is 1.69 bits per heavy atom. The quantitative estimate of drug-likeness (QED) is 0.245. The van der Waals surface area contributed by atoms with E-state index in [1.807, 2.05) is 42.5 Å². The summed E-state index contributed by atoms with van der Waals surface area (Å²) >= 11 is 1.31. The lowest BCUT2D eigenvalue weighted by Crippen LogP contribution is -2.49. The Labute approximate surface area is 285 Å². The van der Waals surface area contributed by atoms with Gasteiger partial charge in [-0.1, -0.05) is 36.0 Å². The molecule has 0 radical (unpaired) electrons. The Morgan fingerprint density at radius 1 is 0.979 bits per heavy atom. The lowest BCUT2D eigenvalue weighted by Gasteiger charge is -2.38. The third kappa shape index (κ3) is 7.76. The van der Waals surface area contributed by atoms with E-state index in [0.29, 0.717) is 48.0 Å². The first-order valence-corrected chi connectivity index (χ1v) is 16.7. The van der Waals surface area contributed by atoms with Crippen LogP contribution in [0.2, 0.25) is 0 Å². The highest BCUT2D eigenvalue weighted by atomic mass is 32.2. The average molecular weight is 679 g/mol. The maximum atomic E-state index is 14.9. The number of carbonyl (C=O) groups excluding carboxylic acids is 2. The van der Waals surface area contributed by atoms with E-state index in [9.17, 15) is 14.0 Å². The van der Waals surface area contributed by atoms with E-state index in [1.165, 1.54) is 18.0 Å². The van der Waals surface area contributed by atoms with Crippen LogP contribution in [0.4, 0.5) is 14.0 Å². The SMILES string of the molecule is COc1ccc(CN2C[C@H]3CSC(N(C(=O)OC(C)(C)C)C(=O)OC(C)(C)C)=N[C@@]3(c3cccc(-c4cccnc4F)c3)C2)c(OC)c1. The molecule has 10 nitrogen and oxygen atoms in total. The van der Waals surface area contributed by atoms with Gasteiger partial charge < -0.3 is 18.9 Å².